The molecule has 0 radical (unpaired) electrons. The molecule has 3 aromatic rings. The number of carbonyl (C=O) groups is 2. The van der Waals surface area contributed by atoms with Gasteiger partial charge in [-0.1, -0.05) is 12.1 Å². The second-order valence-corrected chi connectivity index (χ2v) is 7.71. The van der Waals surface area contributed by atoms with E-state index in [2.05, 4.69) is 30.9 Å². The van der Waals surface area contributed by atoms with Gasteiger partial charge in [-0.05, 0) is 49.3 Å². The maximum Gasteiger partial charge on any atom is 0.407 e. The second kappa shape index (κ2) is 9.29. The number of benzene rings is 2. The molecule has 0 fully saturated rings. The lowest BCUT2D eigenvalue weighted by Gasteiger charge is -2.19. The van der Waals surface area contributed by atoms with E-state index in [4.69, 9.17) is 4.74 Å². The highest BCUT2D eigenvalue weighted by Crippen LogP contribution is 2.31. The van der Waals surface area contributed by atoms with Crippen molar-refractivity contribution >= 4 is 40.1 Å². The van der Waals surface area contributed by atoms with Crippen LogP contribution in [-0.2, 0) is 4.74 Å². The number of nitro groups is 1. The van der Waals surface area contributed by atoms with E-state index < -0.39 is 16.6 Å². The molecule has 0 bridgehead atoms. The summed E-state index contributed by atoms with van der Waals surface area (Å²) in [7, 11) is 0. The van der Waals surface area contributed by atoms with E-state index in [0.717, 1.165) is 0 Å². The number of anilines is 2. The fourth-order valence-corrected chi connectivity index (χ4v) is 2.79. The minimum Gasteiger partial charge on any atom is -0.444 e. The molecule has 2 aromatic carbocycles. The smallest absolute Gasteiger partial charge is 0.407 e. The standard InChI is InChI=1S/C20H22N6O6/c1-20(2,3)31-19(28)22-11-10-21-18(27)12-6-4-5-7-13(12)23-14-8-9-15(26(29)30)17-16(14)24-32-25-17/h4-9,23H,10-11H2,1-3H3,(H,21,27)(H,22,28). The van der Waals surface area contributed by atoms with Gasteiger partial charge >= 0.3 is 11.8 Å². The van der Waals surface area contributed by atoms with Crippen molar-refractivity contribution in [2.24, 2.45) is 0 Å². The monoisotopic (exact) mass is 442 g/mol. The van der Waals surface area contributed by atoms with Crippen LogP contribution in [0.5, 0.6) is 0 Å². The number of alkyl carbamates (subject to hydrolysis) is 1. The lowest BCUT2D eigenvalue weighted by molar-refractivity contribution is -0.383. The molecule has 0 saturated carbocycles. The zero-order chi connectivity index (χ0) is 23.3. The number of amides is 2. The van der Waals surface area contributed by atoms with E-state index in [-0.39, 0.29) is 35.7 Å². The lowest BCUT2D eigenvalue weighted by Crippen LogP contribution is -2.38. The predicted octanol–water partition coefficient (Wildman–Crippen LogP) is 3.13. The Morgan fingerprint density at radius 1 is 1.03 bits per heavy atom. The Labute approximate surface area is 182 Å². The Balaban J connectivity index is 1.68. The number of ether oxygens (including phenoxy) is 1. The van der Waals surface area contributed by atoms with Crippen LogP contribution in [0.15, 0.2) is 41.0 Å². The largest absolute Gasteiger partial charge is 0.444 e. The van der Waals surface area contributed by atoms with Crippen LogP contribution in [0.4, 0.5) is 21.9 Å². The van der Waals surface area contributed by atoms with Gasteiger partial charge in [0, 0.05) is 19.2 Å². The Hall–Kier alpha value is -4.22. The van der Waals surface area contributed by atoms with Gasteiger partial charge in [0.1, 0.15) is 5.60 Å². The molecule has 0 aliphatic heterocycles. The minimum absolute atomic E-state index is 0.00449. The van der Waals surface area contributed by atoms with E-state index in [9.17, 15) is 19.7 Å². The van der Waals surface area contributed by atoms with Gasteiger partial charge in [-0.2, -0.15) is 0 Å². The molecule has 1 aromatic heterocycles. The van der Waals surface area contributed by atoms with Gasteiger partial charge in [-0.15, -0.1) is 0 Å². The molecule has 3 N–H and O–H groups in total. The molecule has 32 heavy (non-hydrogen) atoms. The fraction of sp³-hybridized carbons (Fsp3) is 0.300. The Morgan fingerprint density at radius 2 is 1.72 bits per heavy atom. The average Bonchev–Trinajstić information content (AvgIpc) is 3.20. The maximum absolute atomic E-state index is 12.7. The van der Waals surface area contributed by atoms with Crippen molar-refractivity contribution in [1.82, 2.24) is 20.9 Å². The number of para-hydroxylation sites is 1. The SMILES string of the molecule is CC(C)(C)OC(=O)NCCNC(=O)c1ccccc1Nc1ccc([N+](=O)[O-])c2nonc12. The van der Waals surface area contributed by atoms with Crippen molar-refractivity contribution in [3.8, 4) is 0 Å². The van der Waals surface area contributed by atoms with E-state index in [1.54, 1.807) is 45.0 Å². The summed E-state index contributed by atoms with van der Waals surface area (Å²) in [4.78, 5) is 34.9. The third kappa shape index (κ3) is 5.47. The van der Waals surface area contributed by atoms with Crippen LogP contribution in [0, 0.1) is 10.1 Å². The van der Waals surface area contributed by atoms with Crippen molar-refractivity contribution in [2.75, 3.05) is 18.4 Å². The third-order valence-electron chi connectivity index (χ3n) is 4.11. The van der Waals surface area contributed by atoms with Crippen LogP contribution in [0.3, 0.4) is 0 Å². The zero-order valence-corrected chi connectivity index (χ0v) is 17.7. The van der Waals surface area contributed by atoms with Gasteiger partial charge < -0.3 is 20.7 Å². The quantitative estimate of drug-likeness (QED) is 0.283. The number of aromatic nitrogens is 2. The highest BCUT2D eigenvalue weighted by Gasteiger charge is 2.21. The number of nitrogens with one attached hydrogen (secondary N) is 3. The molecule has 0 aliphatic carbocycles. The Kier molecular flexibility index (Phi) is 6.52. The Morgan fingerprint density at radius 3 is 2.44 bits per heavy atom. The number of hydrogen-bond acceptors (Lipinski definition) is 9. The molecule has 0 atom stereocenters. The van der Waals surface area contributed by atoms with Gasteiger partial charge in [-0.3, -0.25) is 14.9 Å². The Bertz CT molecular complexity index is 1150. The van der Waals surface area contributed by atoms with Crippen LogP contribution in [0.2, 0.25) is 0 Å². The highest BCUT2D eigenvalue weighted by atomic mass is 16.6. The van der Waals surface area contributed by atoms with Crippen LogP contribution >= 0.6 is 0 Å². The summed E-state index contributed by atoms with van der Waals surface area (Å²) in [5.41, 5.74) is 0.469. The topological polar surface area (TPSA) is 162 Å². The summed E-state index contributed by atoms with van der Waals surface area (Å²) in [6, 6.07) is 9.45. The van der Waals surface area contributed by atoms with Gasteiger partial charge in [0.2, 0.25) is 5.52 Å². The molecule has 3 rings (SSSR count). The van der Waals surface area contributed by atoms with Gasteiger partial charge in [0.15, 0.2) is 5.52 Å². The molecule has 12 nitrogen and oxygen atoms in total. The van der Waals surface area contributed by atoms with E-state index in [1.165, 1.54) is 12.1 Å². The number of nitro benzene ring substituents is 1. The number of carbonyl (C=O) groups excluding carboxylic acids is 2. The zero-order valence-electron chi connectivity index (χ0n) is 17.7. The van der Waals surface area contributed by atoms with Crippen molar-refractivity contribution in [1.29, 1.82) is 0 Å². The first-order valence-corrected chi connectivity index (χ1v) is 9.66. The molecule has 0 saturated heterocycles. The first-order chi connectivity index (χ1) is 15.2. The normalized spacial score (nSPS) is 11.1. The summed E-state index contributed by atoms with van der Waals surface area (Å²) in [6.07, 6.45) is -0.572. The number of rotatable bonds is 7. The average molecular weight is 442 g/mol. The molecular formula is C20H22N6O6. The van der Waals surface area contributed by atoms with E-state index in [1.807, 2.05) is 0 Å². The number of non-ortho nitro benzene ring substituents is 1. The maximum atomic E-state index is 12.7. The molecule has 1 heterocycles. The summed E-state index contributed by atoms with van der Waals surface area (Å²) in [5, 5.41) is 26.8. The molecule has 12 heteroatoms. The summed E-state index contributed by atoms with van der Waals surface area (Å²) in [5.74, 6) is -0.379. The van der Waals surface area contributed by atoms with Crippen molar-refractivity contribution in [3.05, 3.63) is 52.1 Å². The van der Waals surface area contributed by atoms with E-state index in [0.29, 0.717) is 16.9 Å². The van der Waals surface area contributed by atoms with Gasteiger partial charge in [0.05, 0.1) is 21.9 Å². The lowest BCUT2D eigenvalue weighted by atomic mass is 10.1. The van der Waals surface area contributed by atoms with Crippen molar-refractivity contribution in [2.45, 2.75) is 26.4 Å². The molecule has 0 unspecified atom stereocenters. The highest BCUT2D eigenvalue weighted by molar-refractivity contribution is 6.02. The third-order valence-corrected chi connectivity index (χ3v) is 4.11. The van der Waals surface area contributed by atoms with Crippen LogP contribution < -0.4 is 16.0 Å². The van der Waals surface area contributed by atoms with Gasteiger partial charge in [-0.25, -0.2) is 9.42 Å². The van der Waals surface area contributed by atoms with Crippen molar-refractivity contribution in [3.63, 3.8) is 0 Å². The predicted molar refractivity (Wildman–Crippen MR) is 115 cm³/mol. The van der Waals surface area contributed by atoms with Crippen LogP contribution in [-0.4, -0.2) is 45.9 Å². The molecule has 0 aliphatic rings. The minimum atomic E-state index is -0.611. The number of nitrogens with zero attached hydrogens (tertiary/aromatic N) is 3. The summed E-state index contributed by atoms with van der Waals surface area (Å²) >= 11 is 0. The molecular weight excluding hydrogens is 420 g/mol. The van der Waals surface area contributed by atoms with Crippen molar-refractivity contribution < 1.29 is 23.9 Å². The molecule has 0 spiro atoms. The van der Waals surface area contributed by atoms with Crippen LogP contribution in [0.1, 0.15) is 31.1 Å². The summed E-state index contributed by atoms with van der Waals surface area (Å²) < 4.78 is 9.79. The summed E-state index contributed by atoms with van der Waals surface area (Å²) in [6.45, 7) is 5.63. The fourth-order valence-electron chi connectivity index (χ4n) is 2.79. The van der Waals surface area contributed by atoms with Gasteiger partial charge in [0.25, 0.3) is 5.91 Å². The number of fused-ring (bicyclic) bond motifs is 1. The second-order valence-electron chi connectivity index (χ2n) is 7.71. The molecule has 2 amide bonds. The first kappa shape index (κ1) is 22.5. The number of hydrogen-bond donors (Lipinski definition) is 3. The van der Waals surface area contributed by atoms with E-state index >= 15 is 0 Å². The molecule has 168 valence electrons. The van der Waals surface area contributed by atoms with Crippen LogP contribution in [0.25, 0.3) is 11.0 Å². The first-order valence-electron chi connectivity index (χ1n) is 9.66.